The Hall–Kier alpha value is -2.16. The second-order valence-corrected chi connectivity index (χ2v) is 5.13. The van der Waals surface area contributed by atoms with Gasteiger partial charge in [0.2, 0.25) is 0 Å². The maximum Gasteiger partial charge on any atom is 0.119 e. The van der Waals surface area contributed by atoms with Gasteiger partial charge in [-0.1, -0.05) is 18.2 Å². The molecule has 0 saturated heterocycles. The highest BCUT2D eigenvalue weighted by Crippen LogP contribution is 2.16. The van der Waals surface area contributed by atoms with E-state index in [4.69, 9.17) is 9.47 Å². The molecule has 2 aromatic carbocycles. The van der Waals surface area contributed by atoms with Gasteiger partial charge in [0.05, 0.1) is 12.7 Å². The second kappa shape index (κ2) is 8.20. The molecule has 0 aliphatic rings. The predicted molar refractivity (Wildman–Crippen MR) is 87.2 cm³/mol. The van der Waals surface area contributed by atoms with Crippen LogP contribution in [0.25, 0.3) is 0 Å². The molecule has 2 rings (SSSR count). The summed E-state index contributed by atoms with van der Waals surface area (Å²) < 4.78 is 11.3. The van der Waals surface area contributed by atoms with Crippen LogP contribution < -0.4 is 14.8 Å². The van der Waals surface area contributed by atoms with Gasteiger partial charge in [-0.05, 0) is 56.7 Å². The fraction of sp³-hybridized carbons (Fsp3) is 0.333. The van der Waals surface area contributed by atoms with E-state index in [2.05, 4.69) is 5.32 Å². The zero-order chi connectivity index (χ0) is 14.9. The number of hydrogen-bond donors (Lipinski definition) is 1. The molecule has 0 radical (unpaired) electrons. The van der Waals surface area contributed by atoms with E-state index >= 15 is 0 Å². The Morgan fingerprint density at radius 1 is 0.905 bits per heavy atom. The topological polar surface area (TPSA) is 30.5 Å². The third kappa shape index (κ3) is 5.78. The molecule has 0 aromatic heterocycles. The zero-order valence-electron chi connectivity index (χ0n) is 12.7. The largest absolute Gasteiger partial charge is 0.494 e. The van der Waals surface area contributed by atoms with Gasteiger partial charge in [0, 0.05) is 12.2 Å². The highest BCUT2D eigenvalue weighted by Gasteiger charge is 1.98. The number of para-hydroxylation sites is 1. The first-order chi connectivity index (χ1) is 10.2. The third-order valence-electron chi connectivity index (χ3n) is 2.89. The molecule has 21 heavy (non-hydrogen) atoms. The van der Waals surface area contributed by atoms with Crippen molar-refractivity contribution in [2.75, 3.05) is 18.5 Å². The van der Waals surface area contributed by atoms with Gasteiger partial charge in [0.25, 0.3) is 0 Å². The normalized spacial score (nSPS) is 10.4. The Morgan fingerprint density at radius 3 is 2.29 bits per heavy atom. The van der Waals surface area contributed by atoms with E-state index in [1.807, 2.05) is 68.4 Å². The highest BCUT2D eigenvalue weighted by atomic mass is 16.5. The van der Waals surface area contributed by atoms with Crippen LogP contribution in [0.4, 0.5) is 5.69 Å². The lowest BCUT2D eigenvalue weighted by Gasteiger charge is -2.11. The van der Waals surface area contributed by atoms with Crippen LogP contribution in [0.5, 0.6) is 11.5 Å². The highest BCUT2D eigenvalue weighted by molar-refractivity contribution is 5.46. The molecule has 0 atom stereocenters. The maximum atomic E-state index is 5.65. The van der Waals surface area contributed by atoms with Crippen molar-refractivity contribution in [3.63, 3.8) is 0 Å². The summed E-state index contributed by atoms with van der Waals surface area (Å²) in [6, 6.07) is 17.9. The van der Waals surface area contributed by atoms with Crippen LogP contribution in [0.15, 0.2) is 54.6 Å². The number of rotatable bonds is 8. The molecule has 0 fully saturated rings. The summed E-state index contributed by atoms with van der Waals surface area (Å²) in [5.74, 6) is 1.83. The van der Waals surface area contributed by atoms with Gasteiger partial charge in [0.15, 0.2) is 0 Å². The number of nitrogens with one attached hydrogen (secondary N) is 1. The van der Waals surface area contributed by atoms with E-state index in [0.717, 1.165) is 30.2 Å². The average Bonchev–Trinajstić information content (AvgIpc) is 2.49. The first-order valence-electron chi connectivity index (χ1n) is 7.42. The molecular formula is C18H23NO2. The maximum absolute atomic E-state index is 5.65. The fourth-order valence-electron chi connectivity index (χ4n) is 1.94. The molecule has 0 aliphatic heterocycles. The van der Waals surface area contributed by atoms with E-state index in [-0.39, 0.29) is 6.10 Å². The molecular weight excluding hydrogens is 262 g/mol. The molecule has 0 saturated carbocycles. The van der Waals surface area contributed by atoms with Gasteiger partial charge in [0.1, 0.15) is 11.5 Å². The second-order valence-electron chi connectivity index (χ2n) is 5.13. The third-order valence-corrected chi connectivity index (χ3v) is 2.89. The van der Waals surface area contributed by atoms with Gasteiger partial charge in [-0.2, -0.15) is 0 Å². The Morgan fingerprint density at radius 2 is 1.62 bits per heavy atom. The molecule has 112 valence electrons. The summed E-state index contributed by atoms with van der Waals surface area (Å²) in [7, 11) is 0. The minimum atomic E-state index is 0.207. The molecule has 3 heteroatoms. The van der Waals surface area contributed by atoms with Crippen LogP contribution in [0.1, 0.15) is 20.3 Å². The van der Waals surface area contributed by atoms with Crippen molar-refractivity contribution in [3.05, 3.63) is 54.6 Å². The summed E-state index contributed by atoms with van der Waals surface area (Å²) in [5.41, 5.74) is 1.10. The zero-order valence-corrected chi connectivity index (χ0v) is 12.7. The summed E-state index contributed by atoms with van der Waals surface area (Å²) in [4.78, 5) is 0. The quantitative estimate of drug-likeness (QED) is 0.731. The number of hydrogen-bond acceptors (Lipinski definition) is 3. The van der Waals surface area contributed by atoms with Crippen LogP contribution >= 0.6 is 0 Å². The number of ether oxygens (including phenoxy) is 2. The van der Waals surface area contributed by atoms with Gasteiger partial charge in [-0.15, -0.1) is 0 Å². The first-order valence-corrected chi connectivity index (χ1v) is 7.42. The van der Waals surface area contributed by atoms with Crippen LogP contribution in [0, 0.1) is 0 Å². The molecule has 0 heterocycles. The molecule has 2 aromatic rings. The van der Waals surface area contributed by atoms with Gasteiger partial charge in [-0.25, -0.2) is 0 Å². The molecule has 3 nitrogen and oxygen atoms in total. The lowest BCUT2D eigenvalue weighted by Crippen LogP contribution is -2.08. The number of benzene rings is 2. The summed E-state index contributed by atoms with van der Waals surface area (Å²) >= 11 is 0. The van der Waals surface area contributed by atoms with E-state index in [9.17, 15) is 0 Å². The summed E-state index contributed by atoms with van der Waals surface area (Å²) in [6.45, 7) is 5.65. The van der Waals surface area contributed by atoms with Crippen molar-refractivity contribution in [1.29, 1.82) is 0 Å². The van der Waals surface area contributed by atoms with Crippen molar-refractivity contribution in [2.45, 2.75) is 26.4 Å². The predicted octanol–water partition coefficient (Wildman–Crippen LogP) is 4.35. The number of anilines is 1. The SMILES string of the molecule is CC(C)Oc1ccc(NCCCOc2ccccc2)cc1. The molecule has 0 amide bonds. The summed E-state index contributed by atoms with van der Waals surface area (Å²) in [5, 5.41) is 3.38. The molecule has 0 bridgehead atoms. The minimum absolute atomic E-state index is 0.207. The van der Waals surface area contributed by atoms with Crippen molar-refractivity contribution < 1.29 is 9.47 Å². The van der Waals surface area contributed by atoms with Crippen LogP contribution in [0.3, 0.4) is 0 Å². The van der Waals surface area contributed by atoms with Gasteiger partial charge < -0.3 is 14.8 Å². The van der Waals surface area contributed by atoms with E-state index in [1.165, 1.54) is 0 Å². The Labute approximate surface area is 126 Å². The first kappa shape index (κ1) is 15.2. The standard InChI is InChI=1S/C18H23NO2/c1-15(2)21-18-11-9-16(10-12-18)19-13-6-14-20-17-7-4-3-5-8-17/h3-5,7-12,15,19H,6,13-14H2,1-2H3. The fourth-order valence-corrected chi connectivity index (χ4v) is 1.94. The Kier molecular flexibility index (Phi) is 5.95. The smallest absolute Gasteiger partial charge is 0.119 e. The van der Waals surface area contributed by atoms with E-state index in [0.29, 0.717) is 6.61 Å². The average molecular weight is 285 g/mol. The molecule has 1 N–H and O–H groups in total. The lowest BCUT2D eigenvalue weighted by molar-refractivity contribution is 0.242. The molecule has 0 unspecified atom stereocenters. The Balaban J connectivity index is 1.64. The van der Waals surface area contributed by atoms with E-state index in [1.54, 1.807) is 0 Å². The monoisotopic (exact) mass is 285 g/mol. The molecule has 0 aliphatic carbocycles. The van der Waals surface area contributed by atoms with Crippen LogP contribution in [-0.4, -0.2) is 19.3 Å². The Bertz CT molecular complexity index is 509. The van der Waals surface area contributed by atoms with Gasteiger partial charge in [-0.3, -0.25) is 0 Å². The van der Waals surface area contributed by atoms with Crippen LogP contribution in [0.2, 0.25) is 0 Å². The van der Waals surface area contributed by atoms with Crippen molar-refractivity contribution in [1.82, 2.24) is 0 Å². The minimum Gasteiger partial charge on any atom is -0.494 e. The van der Waals surface area contributed by atoms with Gasteiger partial charge >= 0.3 is 0 Å². The van der Waals surface area contributed by atoms with Crippen molar-refractivity contribution in [3.8, 4) is 11.5 Å². The summed E-state index contributed by atoms with van der Waals surface area (Å²) in [6.07, 6.45) is 1.16. The van der Waals surface area contributed by atoms with Crippen LogP contribution in [-0.2, 0) is 0 Å². The van der Waals surface area contributed by atoms with Crippen molar-refractivity contribution in [2.24, 2.45) is 0 Å². The van der Waals surface area contributed by atoms with Crippen molar-refractivity contribution >= 4 is 5.69 Å². The lowest BCUT2D eigenvalue weighted by atomic mass is 10.3. The molecule has 0 spiro atoms. The van der Waals surface area contributed by atoms with E-state index < -0.39 is 0 Å².